The molecule has 1 aliphatic heterocycles. The number of hydrogen-bond acceptors (Lipinski definition) is 3. The minimum Gasteiger partial charge on any atom is -0.324 e. The van der Waals surface area contributed by atoms with Gasteiger partial charge in [0.25, 0.3) is 0 Å². The van der Waals surface area contributed by atoms with Gasteiger partial charge in [-0.25, -0.2) is 0 Å². The molecule has 0 aromatic carbocycles. The van der Waals surface area contributed by atoms with E-state index in [9.17, 15) is 0 Å². The zero-order valence-electron chi connectivity index (χ0n) is 3.31. The van der Waals surface area contributed by atoms with Gasteiger partial charge in [0.05, 0.1) is 12.1 Å². The summed E-state index contributed by atoms with van der Waals surface area (Å²) in [5.74, 6) is 0. The monoisotopic (exact) mass is 85.1 g/mol. The topological polar surface area (TPSA) is 74.0 Å². The van der Waals surface area contributed by atoms with Gasteiger partial charge in [0.15, 0.2) is 0 Å². The second-order valence-electron chi connectivity index (χ2n) is 2.08. The predicted octanol–water partition coefficient (Wildman–Crippen LogP) is -2.05. The SMILES string of the molecule is NC1C2NC12N. The molecule has 3 heteroatoms. The van der Waals surface area contributed by atoms with Crippen molar-refractivity contribution in [1.29, 1.82) is 0 Å². The molecule has 0 amide bonds. The molecule has 0 aromatic rings. The van der Waals surface area contributed by atoms with Crippen LogP contribution in [0.1, 0.15) is 0 Å². The molecular formula is C3H7N3. The van der Waals surface area contributed by atoms with Crippen LogP contribution < -0.4 is 16.8 Å². The van der Waals surface area contributed by atoms with Crippen molar-refractivity contribution < 1.29 is 0 Å². The number of hydrogen-bond donors (Lipinski definition) is 3. The van der Waals surface area contributed by atoms with E-state index in [4.69, 9.17) is 11.5 Å². The van der Waals surface area contributed by atoms with Crippen molar-refractivity contribution in [2.24, 2.45) is 11.5 Å². The molecule has 5 N–H and O–H groups in total. The van der Waals surface area contributed by atoms with Crippen LogP contribution in [-0.2, 0) is 0 Å². The summed E-state index contributed by atoms with van der Waals surface area (Å²) in [7, 11) is 0. The summed E-state index contributed by atoms with van der Waals surface area (Å²) in [4.78, 5) is 0. The molecule has 1 heterocycles. The minimum absolute atomic E-state index is 0.0972. The van der Waals surface area contributed by atoms with Crippen molar-refractivity contribution in [1.82, 2.24) is 5.32 Å². The Balaban J connectivity index is 2.23. The van der Waals surface area contributed by atoms with Crippen LogP contribution >= 0.6 is 0 Å². The van der Waals surface area contributed by atoms with Crippen molar-refractivity contribution in [2.45, 2.75) is 17.7 Å². The quantitative estimate of drug-likeness (QED) is 0.296. The maximum absolute atomic E-state index is 5.45. The van der Waals surface area contributed by atoms with Crippen LogP contribution in [0.5, 0.6) is 0 Å². The van der Waals surface area contributed by atoms with Crippen molar-refractivity contribution in [2.75, 3.05) is 0 Å². The van der Waals surface area contributed by atoms with Crippen molar-refractivity contribution in [3.05, 3.63) is 0 Å². The normalized spacial score (nSPS) is 73.0. The lowest BCUT2D eigenvalue weighted by Crippen LogP contribution is -2.37. The first-order valence-electron chi connectivity index (χ1n) is 2.07. The lowest BCUT2D eigenvalue weighted by molar-refractivity contribution is 0.641. The molecule has 3 atom stereocenters. The maximum atomic E-state index is 5.45. The van der Waals surface area contributed by atoms with Gasteiger partial charge in [0, 0.05) is 0 Å². The Morgan fingerprint density at radius 1 is 1.67 bits per heavy atom. The molecule has 0 bridgehead atoms. The fourth-order valence-electron chi connectivity index (χ4n) is 0.752. The summed E-state index contributed by atoms with van der Waals surface area (Å²) in [6, 6.07) is 0.731. The van der Waals surface area contributed by atoms with E-state index in [1.165, 1.54) is 0 Å². The van der Waals surface area contributed by atoms with Crippen LogP contribution in [0.25, 0.3) is 0 Å². The molecule has 2 rings (SSSR count). The number of nitrogens with two attached hydrogens (primary N) is 2. The highest BCUT2D eigenvalue weighted by Gasteiger charge is 2.75. The molecule has 34 valence electrons. The summed E-state index contributed by atoms with van der Waals surface area (Å²) in [6.07, 6.45) is 0. The van der Waals surface area contributed by atoms with Crippen LogP contribution in [0.3, 0.4) is 0 Å². The van der Waals surface area contributed by atoms with Crippen LogP contribution in [0.2, 0.25) is 0 Å². The van der Waals surface area contributed by atoms with Crippen LogP contribution in [0.15, 0.2) is 0 Å². The molecule has 2 fully saturated rings. The van der Waals surface area contributed by atoms with E-state index in [1.54, 1.807) is 0 Å². The number of fused-ring (bicyclic) bond motifs is 1. The summed E-state index contributed by atoms with van der Waals surface area (Å²) >= 11 is 0. The second kappa shape index (κ2) is 0.443. The Kier molecular flexibility index (Phi) is 0.218. The second-order valence-corrected chi connectivity index (χ2v) is 2.08. The Morgan fingerprint density at radius 3 is 2.00 bits per heavy atom. The van der Waals surface area contributed by atoms with E-state index in [0.717, 1.165) is 0 Å². The van der Waals surface area contributed by atoms with E-state index >= 15 is 0 Å². The number of nitrogens with one attached hydrogen (secondary N) is 1. The third-order valence-electron chi connectivity index (χ3n) is 1.64. The van der Waals surface area contributed by atoms with Crippen LogP contribution in [0, 0.1) is 0 Å². The molecule has 1 saturated heterocycles. The molecule has 2 aliphatic rings. The van der Waals surface area contributed by atoms with Gasteiger partial charge in [-0.15, -0.1) is 0 Å². The lowest BCUT2D eigenvalue weighted by Gasteiger charge is -1.96. The lowest BCUT2D eigenvalue weighted by atomic mass is 10.5. The summed E-state index contributed by atoms with van der Waals surface area (Å²) in [5, 5.41) is 2.97. The van der Waals surface area contributed by atoms with Crippen LogP contribution in [0.4, 0.5) is 0 Å². The molecule has 3 nitrogen and oxygen atoms in total. The molecule has 0 spiro atoms. The summed E-state index contributed by atoms with van der Waals surface area (Å²) < 4.78 is 0. The third kappa shape index (κ3) is 0.113. The molecular weight excluding hydrogens is 78.1 g/mol. The average molecular weight is 85.1 g/mol. The van der Waals surface area contributed by atoms with Gasteiger partial charge >= 0.3 is 0 Å². The standard InChI is InChI=1S/C3H7N3/c4-1-2-3(1,5)6-2/h1-2,6H,4-5H2. The number of rotatable bonds is 0. The highest BCUT2D eigenvalue weighted by molar-refractivity contribution is 5.38. The zero-order chi connectivity index (χ0) is 4.36. The van der Waals surface area contributed by atoms with Gasteiger partial charge < -0.3 is 11.5 Å². The fourth-order valence-corrected chi connectivity index (χ4v) is 0.752. The largest absolute Gasteiger partial charge is 0.324 e. The summed E-state index contributed by atoms with van der Waals surface area (Å²) in [6.45, 7) is 0. The van der Waals surface area contributed by atoms with E-state index in [-0.39, 0.29) is 11.7 Å². The zero-order valence-corrected chi connectivity index (χ0v) is 3.31. The fraction of sp³-hybridized carbons (Fsp3) is 1.00. The molecule has 3 unspecified atom stereocenters. The highest BCUT2D eigenvalue weighted by Crippen LogP contribution is 2.43. The Bertz CT molecular complexity index is 96.2. The smallest absolute Gasteiger partial charge is 0.101 e. The first-order valence-corrected chi connectivity index (χ1v) is 2.07. The highest BCUT2D eigenvalue weighted by atomic mass is 15.5. The van der Waals surface area contributed by atoms with E-state index in [0.29, 0.717) is 6.04 Å². The van der Waals surface area contributed by atoms with Crippen LogP contribution in [-0.4, -0.2) is 17.7 Å². The first kappa shape index (κ1) is 2.96. The average Bonchev–Trinajstić information content (AvgIpc) is 2.24. The van der Waals surface area contributed by atoms with Gasteiger partial charge in [-0.1, -0.05) is 0 Å². The van der Waals surface area contributed by atoms with Gasteiger partial charge in [0.1, 0.15) is 5.66 Å². The van der Waals surface area contributed by atoms with Gasteiger partial charge in [-0.3, -0.25) is 5.32 Å². The van der Waals surface area contributed by atoms with E-state index in [2.05, 4.69) is 5.32 Å². The Morgan fingerprint density at radius 2 is 2.00 bits per heavy atom. The molecule has 1 saturated carbocycles. The van der Waals surface area contributed by atoms with Gasteiger partial charge in [-0.2, -0.15) is 0 Å². The van der Waals surface area contributed by atoms with E-state index < -0.39 is 0 Å². The van der Waals surface area contributed by atoms with Gasteiger partial charge in [-0.05, 0) is 0 Å². The molecule has 0 radical (unpaired) electrons. The Labute approximate surface area is 35.7 Å². The Hall–Kier alpha value is -0.120. The predicted molar refractivity (Wildman–Crippen MR) is 21.8 cm³/mol. The maximum Gasteiger partial charge on any atom is 0.101 e. The third-order valence-corrected chi connectivity index (χ3v) is 1.64. The summed E-state index contributed by atoms with van der Waals surface area (Å²) in [5.41, 5.74) is 10.7. The van der Waals surface area contributed by atoms with Crippen molar-refractivity contribution >= 4 is 0 Å². The van der Waals surface area contributed by atoms with E-state index in [1.807, 2.05) is 0 Å². The van der Waals surface area contributed by atoms with Gasteiger partial charge in [0.2, 0.25) is 0 Å². The molecule has 0 aromatic heterocycles. The van der Waals surface area contributed by atoms with Crippen molar-refractivity contribution in [3.63, 3.8) is 0 Å². The molecule has 1 aliphatic carbocycles. The van der Waals surface area contributed by atoms with Crippen molar-refractivity contribution in [3.8, 4) is 0 Å². The first-order chi connectivity index (χ1) is 2.75. The minimum atomic E-state index is -0.0972. The molecule has 6 heavy (non-hydrogen) atoms.